The summed E-state index contributed by atoms with van der Waals surface area (Å²) in [6.07, 6.45) is 3.52. The molecule has 0 unspecified atom stereocenters. The molecular weight excluding hydrogens is 230 g/mol. The van der Waals surface area contributed by atoms with E-state index in [9.17, 15) is 4.79 Å². The van der Waals surface area contributed by atoms with Crippen LogP contribution < -0.4 is 0 Å². The lowest BCUT2D eigenvalue weighted by atomic mass is 10.1. The number of aromatic nitrogens is 3. The summed E-state index contributed by atoms with van der Waals surface area (Å²) in [6, 6.07) is 3.55. The smallest absolute Gasteiger partial charge is 0.354 e. The van der Waals surface area contributed by atoms with Crippen LogP contribution in [0, 0.1) is 6.92 Å². The van der Waals surface area contributed by atoms with E-state index in [1.807, 2.05) is 17.8 Å². The van der Waals surface area contributed by atoms with Gasteiger partial charge in [0.2, 0.25) is 0 Å². The molecule has 0 amide bonds. The van der Waals surface area contributed by atoms with Crippen molar-refractivity contribution in [2.45, 2.75) is 26.8 Å². The van der Waals surface area contributed by atoms with Crippen molar-refractivity contribution in [3.63, 3.8) is 0 Å². The Morgan fingerprint density at radius 1 is 1.39 bits per heavy atom. The summed E-state index contributed by atoms with van der Waals surface area (Å²) in [5, 5.41) is 13.2. The second kappa shape index (κ2) is 4.60. The number of hydrogen-bond acceptors (Lipinski definition) is 3. The van der Waals surface area contributed by atoms with Crippen LogP contribution in [0.4, 0.5) is 0 Å². The van der Waals surface area contributed by atoms with Crippen LogP contribution in [0.3, 0.4) is 0 Å². The number of pyridine rings is 1. The SMILES string of the molecule is Cc1nn(C(C)C)cc1-c1ccc(C(=O)O)nc1. The lowest BCUT2D eigenvalue weighted by Gasteiger charge is -2.03. The molecule has 2 rings (SSSR count). The molecule has 0 radical (unpaired) electrons. The minimum absolute atomic E-state index is 0.0488. The van der Waals surface area contributed by atoms with Crippen LogP contribution in [0.2, 0.25) is 0 Å². The van der Waals surface area contributed by atoms with Gasteiger partial charge in [0, 0.05) is 29.6 Å². The first kappa shape index (κ1) is 12.3. The summed E-state index contributed by atoms with van der Waals surface area (Å²) in [6.45, 7) is 6.04. The fourth-order valence-corrected chi connectivity index (χ4v) is 1.71. The van der Waals surface area contributed by atoms with Crippen LogP contribution in [0.25, 0.3) is 11.1 Å². The quantitative estimate of drug-likeness (QED) is 0.902. The summed E-state index contributed by atoms with van der Waals surface area (Å²) in [7, 11) is 0. The highest BCUT2D eigenvalue weighted by atomic mass is 16.4. The van der Waals surface area contributed by atoms with Gasteiger partial charge in [0.15, 0.2) is 0 Å². The monoisotopic (exact) mass is 245 g/mol. The maximum absolute atomic E-state index is 10.7. The van der Waals surface area contributed by atoms with Gasteiger partial charge in [-0.3, -0.25) is 4.68 Å². The average molecular weight is 245 g/mol. The first-order chi connectivity index (χ1) is 8.49. The summed E-state index contributed by atoms with van der Waals surface area (Å²) < 4.78 is 1.88. The Labute approximate surface area is 105 Å². The summed E-state index contributed by atoms with van der Waals surface area (Å²) >= 11 is 0. The molecule has 2 heterocycles. The van der Waals surface area contributed by atoms with Gasteiger partial charge in [-0.1, -0.05) is 6.07 Å². The third-order valence-corrected chi connectivity index (χ3v) is 2.74. The van der Waals surface area contributed by atoms with Crippen molar-refractivity contribution in [2.24, 2.45) is 0 Å². The largest absolute Gasteiger partial charge is 0.477 e. The maximum Gasteiger partial charge on any atom is 0.354 e. The maximum atomic E-state index is 10.7. The first-order valence-corrected chi connectivity index (χ1v) is 5.74. The predicted molar refractivity (Wildman–Crippen MR) is 67.5 cm³/mol. The normalized spacial score (nSPS) is 10.9. The Kier molecular flexibility index (Phi) is 3.14. The number of rotatable bonds is 3. The van der Waals surface area contributed by atoms with E-state index in [0.717, 1.165) is 16.8 Å². The van der Waals surface area contributed by atoms with Crippen LogP contribution in [0.1, 0.15) is 36.1 Å². The van der Waals surface area contributed by atoms with Crippen molar-refractivity contribution >= 4 is 5.97 Å². The van der Waals surface area contributed by atoms with E-state index in [4.69, 9.17) is 5.11 Å². The molecule has 0 saturated carbocycles. The van der Waals surface area contributed by atoms with Crippen molar-refractivity contribution < 1.29 is 9.90 Å². The van der Waals surface area contributed by atoms with E-state index in [-0.39, 0.29) is 5.69 Å². The highest BCUT2D eigenvalue weighted by Crippen LogP contribution is 2.23. The van der Waals surface area contributed by atoms with Gasteiger partial charge in [0.25, 0.3) is 0 Å². The molecule has 2 aromatic rings. The van der Waals surface area contributed by atoms with Gasteiger partial charge in [0.05, 0.1) is 5.69 Å². The van der Waals surface area contributed by atoms with Gasteiger partial charge in [-0.15, -0.1) is 0 Å². The Morgan fingerprint density at radius 2 is 2.11 bits per heavy atom. The van der Waals surface area contributed by atoms with Gasteiger partial charge < -0.3 is 5.11 Å². The molecule has 5 heteroatoms. The molecule has 0 spiro atoms. The standard InChI is InChI=1S/C13H15N3O2/c1-8(2)16-7-11(9(3)15-16)10-4-5-12(13(17)18)14-6-10/h4-8H,1-3H3,(H,17,18). The molecule has 1 N–H and O–H groups in total. The van der Waals surface area contributed by atoms with Gasteiger partial charge in [-0.05, 0) is 26.8 Å². The summed E-state index contributed by atoms with van der Waals surface area (Å²) in [5.74, 6) is -1.02. The van der Waals surface area contributed by atoms with Crippen LogP contribution >= 0.6 is 0 Å². The molecule has 0 saturated heterocycles. The molecule has 0 bridgehead atoms. The average Bonchev–Trinajstić information content (AvgIpc) is 2.71. The molecule has 5 nitrogen and oxygen atoms in total. The topological polar surface area (TPSA) is 68.0 Å². The van der Waals surface area contributed by atoms with Crippen LogP contribution in [-0.2, 0) is 0 Å². The second-order valence-corrected chi connectivity index (χ2v) is 4.44. The van der Waals surface area contributed by atoms with Gasteiger partial charge in [-0.2, -0.15) is 5.10 Å². The van der Waals surface area contributed by atoms with E-state index in [2.05, 4.69) is 23.9 Å². The zero-order valence-electron chi connectivity index (χ0n) is 10.6. The zero-order chi connectivity index (χ0) is 13.3. The van der Waals surface area contributed by atoms with Crippen LogP contribution in [0.15, 0.2) is 24.5 Å². The Hall–Kier alpha value is -2.17. The first-order valence-electron chi connectivity index (χ1n) is 5.74. The van der Waals surface area contributed by atoms with E-state index >= 15 is 0 Å². The lowest BCUT2D eigenvalue weighted by Crippen LogP contribution is -2.00. The van der Waals surface area contributed by atoms with E-state index < -0.39 is 5.97 Å². The van der Waals surface area contributed by atoms with Crippen molar-refractivity contribution in [1.82, 2.24) is 14.8 Å². The van der Waals surface area contributed by atoms with E-state index in [1.165, 1.54) is 6.07 Å². The van der Waals surface area contributed by atoms with Crippen molar-refractivity contribution in [2.75, 3.05) is 0 Å². The van der Waals surface area contributed by atoms with Gasteiger partial charge >= 0.3 is 5.97 Å². The molecule has 0 aliphatic carbocycles. The molecule has 0 aliphatic rings. The highest BCUT2D eigenvalue weighted by Gasteiger charge is 2.10. The van der Waals surface area contributed by atoms with Crippen LogP contribution in [0.5, 0.6) is 0 Å². The fraction of sp³-hybridized carbons (Fsp3) is 0.308. The van der Waals surface area contributed by atoms with E-state index in [1.54, 1.807) is 12.3 Å². The fourth-order valence-electron chi connectivity index (χ4n) is 1.71. The Bertz CT molecular complexity index is 570. The summed E-state index contributed by atoms with van der Waals surface area (Å²) in [4.78, 5) is 14.6. The molecule has 0 fully saturated rings. The van der Waals surface area contributed by atoms with Gasteiger partial charge in [0.1, 0.15) is 5.69 Å². The van der Waals surface area contributed by atoms with Crippen molar-refractivity contribution in [3.8, 4) is 11.1 Å². The van der Waals surface area contributed by atoms with Crippen molar-refractivity contribution in [1.29, 1.82) is 0 Å². The molecular formula is C13H15N3O2. The number of carboxylic acid groups (broad SMARTS) is 1. The number of carboxylic acids is 1. The molecule has 0 aromatic carbocycles. The number of aromatic carboxylic acids is 1. The molecule has 0 atom stereocenters. The number of nitrogens with zero attached hydrogens (tertiary/aromatic N) is 3. The minimum atomic E-state index is -1.02. The predicted octanol–water partition coefficient (Wildman–Crippen LogP) is 2.53. The zero-order valence-corrected chi connectivity index (χ0v) is 10.6. The number of hydrogen-bond donors (Lipinski definition) is 1. The van der Waals surface area contributed by atoms with Crippen molar-refractivity contribution in [3.05, 3.63) is 35.9 Å². The highest BCUT2D eigenvalue weighted by molar-refractivity contribution is 5.85. The summed E-state index contributed by atoms with van der Waals surface area (Å²) in [5.41, 5.74) is 2.82. The van der Waals surface area contributed by atoms with E-state index in [0.29, 0.717) is 6.04 Å². The Balaban J connectivity index is 2.39. The van der Waals surface area contributed by atoms with Gasteiger partial charge in [-0.25, -0.2) is 9.78 Å². The number of carbonyl (C=O) groups is 1. The molecule has 18 heavy (non-hydrogen) atoms. The minimum Gasteiger partial charge on any atom is -0.477 e. The molecule has 2 aromatic heterocycles. The second-order valence-electron chi connectivity index (χ2n) is 4.44. The third kappa shape index (κ3) is 2.25. The Morgan fingerprint density at radius 3 is 2.56 bits per heavy atom. The lowest BCUT2D eigenvalue weighted by molar-refractivity contribution is 0.0690. The molecule has 94 valence electrons. The number of aryl methyl sites for hydroxylation is 1. The van der Waals surface area contributed by atoms with Crippen LogP contribution in [-0.4, -0.2) is 25.8 Å². The molecule has 0 aliphatic heterocycles. The third-order valence-electron chi connectivity index (χ3n) is 2.74.